The molecule has 37 heavy (non-hydrogen) atoms. The minimum Gasteiger partial charge on any atom is -0.493 e. The highest BCUT2D eigenvalue weighted by atomic mass is 16.5. The van der Waals surface area contributed by atoms with E-state index in [4.69, 9.17) is 15.2 Å². The summed E-state index contributed by atoms with van der Waals surface area (Å²) < 4.78 is 13.5. The summed E-state index contributed by atoms with van der Waals surface area (Å²) in [6.45, 7) is 7.46. The molecule has 0 radical (unpaired) electrons. The zero-order valence-corrected chi connectivity index (χ0v) is 22.5. The van der Waals surface area contributed by atoms with Crippen LogP contribution >= 0.6 is 0 Å². The Bertz CT molecular complexity index is 1340. The van der Waals surface area contributed by atoms with Crippen LogP contribution in [-0.4, -0.2) is 55.5 Å². The average Bonchev–Trinajstić information content (AvgIpc) is 3.14. The van der Waals surface area contributed by atoms with E-state index < -0.39 is 5.91 Å². The smallest absolute Gasteiger partial charge is 0.250 e. The van der Waals surface area contributed by atoms with Gasteiger partial charge < -0.3 is 30.0 Å². The molecular formula is C29H36N4O4. The summed E-state index contributed by atoms with van der Waals surface area (Å²) in [6, 6.07) is 11.0. The van der Waals surface area contributed by atoms with Gasteiger partial charge in [-0.05, 0) is 68.8 Å². The number of methoxy groups -OCH3 is 1. The Balaban J connectivity index is 1.72. The van der Waals surface area contributed by atoms with Gasteiger partial charge in [-0.25, -0.2) is 0 Å². The minimum atomic E-state index is -0.535. The van der Waals surface area contributed by atoms with Crippen molar-refractivity contribution in [1.29, 1.82) is 0 Å². The molecule has 0 bridgehead atoms. The highest BCUT2D eigenvalue weighted by Crippen LogP contribution is 2.39. The molecule has 8 heteroatoms. The summed E-state index contributed by atoms with van der Waals surface area (Å²) in [4.78, 5) is 27.2. The number of nitrogens with zero attached hydrogens (tertiary/aromatic N) is 2. The first-order valence-electron chi connectivity index (χ1n) is 12.4. The maximum Gasteiger partial charge on any atom is 0.250 e. The lowest BCUT2D eigenvalue weighted by Crippen LogP contribution is -2.28. The third-order valence-electron chi connectivity index (χ3n) is 6.65. The van der Waals surface area contributed by atoms with Crippen molar-refractivity contribution in [2.24, 2.45) is 11.1 Å². The van der Waals surface area contributed by atoms with Crippen LogP contribution in [0.15, 0.2) is 42.6 Å². The number of likely N-dealkylation sites (N-methyl/N-ethyl adjacent to an activating group) is 1. The number of hydrogen-bond acceptors (Lipinski definition) is 6. The van der Waals surface area contributed by atoms with Gasteiger partial charge in [-0.3, -0.25) is 9.59 Å². The van der Waals surface area contributed by atoms with Gasteiger partial charge in [0.1, 0.15) is 6.61 Å². The van der Waals surface area contributed by atoms with Crippen molar-refractivity contribution in [1.82, 2.24) is 9.47 Å². The summed E-state index contributed by atoms with van der Waals surface area (Å²) >= 11 is 0. The number of aromatic nitrogens is 1. The summed E-state index contributed by atoms with van der Waals surface area (Å²) in [7, 11) is 5.57. The number of anilines is 2. The third kappa shape index (κ3) is 5.64. The molecule has 1 aromatic heterocycles. The van der Waals surface area contributed by atoms with Crippen LogP contribution in [0.3, 0.4) is 0 Å². The second-order valence-corrected chi connectivity index (χ2v) is 10.7. The van der Waals surface area contributed by atoms with Crippen LogP contribution in [0.4, 0.5) is 11.4 Å². The highest BCUT2D eigenvalue weighted by Gasteiger charge is 2.34. The monoisotopic (exact) mass is 504 g/mol. The molecule has 0 unspecified atom stereocenters. The number of benzene rings is 2. The van der Waals surface area contributed by atoms with Crippen molar-refractivity contribution in [2.75, 3.05) is 39.7 Å². The molecule has 1 aliphatic carbocycles. The Morgan fingerprint density at radius 3 is 2.57 bits per heavy atom. The lowest BCUT2D eigenvalue weighted by Gasteiger charge is -2.30. The molecule has 0 saturated carbocycles. The molecule has 1 aliphatic rings. The number of carbonyl (C=O) groups excluding carboxylic acids is 2. The molecule has 1 heterocycles. The van der Waals surface area contributed by atoms with Crippen LogP contribution in [0, 0.1) is 12.3 Å². The molecular weight excluding hydrogens is 468 g/mol. The molecule has 2 aromatic carbocycles. The highest BCUT2D eigenvalue weighted by molar-refractivity contribution is 6.01. The molecule has 196 valence electrons. The topological polar surface area (TPSA) is 98.8 Å². The van der Waals surface area contributed by atoms with Gasteiger partial charge in [0.05, 0.1) is 18.4 Å². The average molecular weight is 505 g/mol. The van der Waals surface area contributed by atoms with E-state index in [-0.39, 0.29) is 11.2 Å². The number of ketones is 1. The second-order valence-electron chi connectivity index (χ2n) is 10.7. The number of nitrogens with two attached hydrogens (primary N) is 1. The number of aryl methyl sites for hydroxylation is 1. The molecule has 0 atom stereocenters. The number of fused-ring (bicyclic) bond motifs is 1. The van der Waals surface area contributed by atoms with Crippen molar-refractivity contribution >= 4 is 23.1 Å². The standard InChI is InChI=1S/C29H36N4O4/c1-18-17-33(23-15-29(2,3)16-24(34)27(18)23)20-8-9-21(28(30)35)22(14-20)31-19-7-10-25(36-6)26(13-19)37-12-11-32(4)5/h7-10,13-14,17,31H,11-12,15-16H2,1-6H3,(H2,30,35). The quantitative estimate of drug-likeness (QED) is 0.437. The molecule has 3 aromatic rings. The Morgan fingerprint density at radius 2 is 1.89 bits per heavy atom. The Hall–Kier alpha value is -3.78. The number of amides is 1. The van der Waals surface area contributed by atoms with E-state index in [9.17, 15) is 9.59 Å². The molecule has 8 nitrogen and oxygen atoms in total. The van der Waals surface area contributed by atoms with E-state index in [0.717, 1.165) is 41.2 Å². The molecule has 3 N–H and O–H groups in total. The van der Waals surface area contributed by atoms with Gasteiger partial charge in [0.2, 0.25) is 0 Å². The first-order chi connectivity index (χ1) is 17.5. The van der Waals surface area contributed by atoms with Crippen LogP contribution in [0.2, 0.25) is 0 Å². The van der Waals surface area contributed by atoms with E-state index in [1.165, 1.54) is 0 Å². The van der Waals surface area contributed by atoms with Gasteiger partial charge in [-0.2, -0.15) is 0 Å². The Morgan fingerprint density at radius 1 is 1.14 bits per heavy atom. The van der Waals surface area contributed by atoms with Gasteiger partial charge in [0.25, 0.3) is 5.91 Å². The molecule has 0 fully saturated rings. The van der Waals surface area contributed by atoms with E-state index in [1.807, 2.05) is 62.4 Å². The van der Waals surface area contributed by atoms with E-state index in [1.54, 1.807) is 13.2 Å². The number of primary amides is 1. The summed E-state index contributed by atoms with van der Waals surface area (Å²) in [5.41, 5.74) is 10.9. The zero-order chi connectivity index (χ0) is 26.9. The molecule has 0 spiro atoms. The summed E-state index contributed by atoms with van der Waals surface area (Å²) in [5.74, 6) is 0.860. The van der Waals surface area contributed by atoms with E-state index in [2.05, 4.69) is 23.7 Å². The van der Waals surface area contributed by atoms with Crippen molar-refractivity contribution in [3.05, 3.63) is 65.0 Å². The van der Waals surface area contributed by atoms with Crippen molar-refractivity contribution in [3.63, 3.8) is 0 Å². The minimum absolute atomic E-state index is 0.118. The molecule has 4 rings (SSSR count). The van der Waals surface area contributed by atoms with Crippen LogP contribution in [0.1, 0.15) is 52.2 Å². The zero-order valence-electron chi connectivity index (χ0n) is 22.5. The molecule has 0 aliphatic heterocycles. The van der Waals surface area contributed by atoms with Crippen LogP contribution in [0.25, 0.3) is 5.69 Å². The number of carbonyl (C=O) groups is 2. The predicted molar refractivity (Wildman–Crippen MR) is 146 cm³/mol. The van der Waals surface area contributed by atoms with Gasteiger partial charge in [0, 0.05) is 47.9 Å². The fourth-order valence-corrected chi connectivity index (χ4v) is 4.87. The lowest BCUT2D eigenvalue weighted by molar-refractivity contribution is 0.0909. The van der Waals surface area contributed by atoms with Gasteiger partial charge >= 0.3 is 0 Å². The maximum atomic E-state index is 12.9. The number of nitrogens with one attached hydrogen (secondary N) is 1. The van der Waals surface area contributed by atoms with Crippen molar-refractivity contribution in [3.8, 4) is 17.2 Å². The van der Waals surface area contributed by atoms with Crippen molar-refractivity contribution in [2.45, 2.75) is 33.6 Å². The van der Waals surface area contributed by atoms with Crippen molar-refractivity contribution < 1.29 is 19.1 Å². The second kappa shape index (κ2) is 10.3. The van der Waals surface area contributed by atoms with Crippen LogP contribution in [0.5, 0.6) is 11.5 Å². The number of hydrogen-bond donors (Lipinski definition) is 2. The summed E-state index contributed by atoms with van der Waals surface area (Å²) in [5, 5.41) is 3.34. The number of Topliss-reactive ketones (excluding diaryl/α,β-unsaturated/α-hetero) is 1. The largest absolute Gasteiger partial charge is 0.493 e. The predicted octanol–water partition coefficient (Wildman–Crippen LogP) is 4.73. The normalized spacial score (nSPS) is 14.4. The van der Waals surface area contributed by atoms with Crippen LogP contribution in [-0.2, 0) is 6.42 Å². The number of ether oxygens (including phenoxy) is 2. The SMILES string of the molecule is COc1ccc(Nc2cc(-n3cc(C)c4c3CC(C)(C)CC4=O)ccc2C(N)=O)cc1OCCN(C)C. The third-order valence-corrected chi connectivity index (χ3v) is 6.65. The lowest BCUT2D eigenvalue weighted by atomic mass is 9.75. The fraction of sp³-hybridized carbons (Fsp3) is 0.379. The Labute approximate surface area is 218 Å². The first-order valence-corrected chi connectivity index (χ1v) is 12.4. The van der Waals surface area contributed by atoms with Crippen LogP contribution < -0.4 is 20.5 Å². The molecule has 0 saturated heterocycles. The first kappa shape index (κ1) is 26.3. The van der Waals surface area contributed by atoms with Gasteiger partial charge in [0.15, 0.2) is 17.3 Å². The van der Waals surface area contributed by atoms with Gasteiger partial charge in [-0.1, -0.05) is 13.8 Å². The van der Waals surface area contributed by atoms with E-state index >= 15 is 0 Å². The summed E-state index contributed by atoms with van der Waals surface area (Å²) in [6.07, 6.45) is 3.32. The molecule has 1 amide bonds. The number of rotatable bonds is 9. The maximum absolute atomic E-state index is 12.9. The fourth-order valence-electron chi connectivity index (χ4n) is 4.87. The Kier molecular flexibility index (Phi) is 7.32. The van der Waals surface area contributed by atoms with E-state index in [0.29, 0.717) is 35.8 Å². The van der Waals surface area contributed by atoms with Gasteiger partial charge in [-0.15, -0.1) is 0 Å².